The highest BCUT2D eigenvalue weighted by Crippen LogP contribution is 2.30. The van der Waals surface area contributed by atoms with Crippen LogP contribution in [0.15, 0.2) is 30.6 Å². The molecule has 2 heterocycles. The Labute approximate surface area is 125 Å². The van der Waals surface area contributed by atoms with Gasteiger partial charge in [-0.15, -0.1) is 10.2 Å². The topological polar surface area (TPSA) is 55.6 Å². The van der Waals surface area contributed by atoms with Crippen LogP contribution >= 0.6 is 0 Å². The maximum atomic E-state index is 4.29. The molecule has 0 amide bonds. The molecule has 0 spiro atoms. The quantitative estimate of drug-likeness (QED) is 0.937. The minimum absolute atomic E-state index is 0.168. The third kappa shape index (κ3) is 3.13. The smallest absolute Gasteiger partial charge is 0.162 e. The summed E-state index contributed by atoms with van der Waals surface area (Å²) in [5.74, 6) is 1.07. The number of aromatic nitrogens is 4. The number of nitrogens with one attached hydrogen (secondary N) is 1. The number of rotatable bonds is 4. The lowest BCUT2D eigenvalue weighted by Crippen LogP contribution is -2.36. The first-order valence-corrected chi connectivity index (χ1v) is 7.78. The summed E-state index contributed by atoms with van der Waals surface area (Å²) >= 11 is 0. The van der Waals surface area contributed by atoms with Crippen LogP contribution in [-0.4, -0.2) is 33.3 Å². The molecule has 0 saturated carbocycles. The lowest BCUT2D eigenvalue weighted by molar-refractivity contribution is 0.261. The maximum Gasteiger partial charge on any atom is 0.162 e. The zero-order valence-corrected chi connectivity index (χ0v) is 12.7. The summed E-state index contributed by atoms with van der Waals surface area (Å²) in [7, 11) is 0. The lowest BCUT2D eigenvalue weighted by atomic mass is 9.87. The van der Waals surface area contributed by atoms with E-state index in [4.69, 9.17) is 0 Å². The summed E-state index contributed by atoms with van der Waals surface area (Å²) in [6.07, 6.45) is 3.93. The molecule has 0 radical (unpaired) electrons. The van der Waals surface area contributed by atoms with E-state index >= 15 is 0 Å². The van der Waals surface area contributed by atoms with Gasteiger partial charge in [0.1, 0.15) is 6.04 Å². The van der Waals surface area contributed by atoms with Crippen LogP contribution in [0.5, 0.6) is 0 Å². The fraction of sp³-hybridized carbons (Fsp3) is 0.562. The molecule has 0 bridgehead atoms. The van der Waals surface area contributed by atoms with Crippen LogP contribution in [0.4, 0.5) is 0 Å². The zero-order valence-electron chi connectivity index (χ0n) is 12.7. The van der Waals surface area contributed by atoms with Crippen molar-refractivity contribution in [2.24, 2.45) is 5.92 Å². The Morgan fingerprint density at radius 3 is 2.52 bits per heavy atom. The van der Waals surface area contributed by atoms with Gasteiger partial charge in [-0.1, -0.05) is 38.1 Å². The molecule has 3 rings (SSSR count). The SMILES string of the molecule is CC(C)c1ccc([C@@H]([C@@H]2CCCNC2)n2ncnn2)cc1. The van der Waals surface area contributed by atoms with Crippen molar-refractivity contribution in [1.29, 1.82) is 0 Å². The molecule has 0 aliphatic carbocycles. The van der Waals surface area contributed by atoms with Gasteiger partial charge in [-0.05, 0) is 47.6 Å². The van der Waals surface area contributed by atoms with E-state index < -0.39 is 0 Å². The second-order valence-electron chi connectivity index (χ2n) is 6.13. The summed E-state index contributed by atoms with van der Waals surface area (Å²) in [5.41, 5.74) is 2.64. The average Bonchev–Trinajstić information content (AvgIpc) is 3.03. The molecular weight excluding hydrogens is 262 g/mol. The van der Waals surface area contributed by atoms with Gasteiger partial charge < -0.3 is 5.32 Å². The average molecular weight is 285 g/mol. The highest BCUT2D eigenvalue weighted by molar-refractivity contribution is 5.27. The largest absolute Gasteiger partial charge is 0.316 e. The second kappa shape index (κ2) is 6.35. The molecule has 5 nitrogen and oxygen atoms in total. The van der Waals surface area contributed by atoms with Gasteiger partial charge in [0, 0.05) is 6.54 Å². The predicted octanol–water partition coefficient (Wildman–Crippen LogP) is 2.39. The van der Waals surface area contributed by atoms with E-state index in [1.165, 1.54) is 30.3 Å². The van der Waals surface area contributed by atoms with Crippen molar-refractivity contribution in [3.8, 4) is 0 Å². The Morgan fingerprint density at radius 2 is 1.95 bits per heavy atom. The highest BCUT2D eigenvalue weighted by Gasteiger charge is 2.28. The first-order valence-electron chi connectivity index (χ1n) is 7.78. The molecule has 21 heavy (non-hydrogen) atoms. The maximum absolute atomic E-state index is 4.29. The van der Waals surface area contributed by atoms with E-state index in [1.807, 2.05) is 0 Å². The molecule has 0 unspecified atom stereocenters. The van der Waals surface area contributed by atoms with Gasteiger partial charge in [0.25, 0.3) is 0 Å². The Hall–Kier alpha value is -1.75. The third-order valence-corrected chi connectivity index (χ3v) is 4.34. The summed E-state index contributed by atoms with van der Waals surface area (Å²) in [5, 5.41) is 15.8. The molecule has 2 atom stereocenters. The summed E-state index contributed by atoms with van der Waals surface area (Å²) in [6.45, 7) is 6.56. The van der Waals surface area contributed by atoms with E-state index in [-0.39, 0.29) is 6.04 Å². The van der Waals surface area contributed by atoms with E-state index in [9.17, 15) is 0 Å². The molecule has 2 aromatic rings. The van der Waals surface area contributed by atoms with Crippen molar-refractivity contribution in [2.45, 2.75) is 38.6 Å². The van der Waals surface area contributed by atoms with Gasteiger partial charge in [0.15, 0.2) is 6.33 Å². The summed E-state index contributed by atoms with van der Waals surface area (Å²) in [4.78, 5) is 1.77. The minimum atomic E-state index is 0.168. The van der Waals surface area contributed by atoms with Crippen LogP contribution in [0.2, 0.25) is 0 Å². The molecule has 1 aliphatic heterocycles. The Balaban J connectivity index is 1.91. The van der Waals surface area contributed by atoms with E-state index in [0.29, 0.717) is 11.8 Å². The van der Waals surface area contributed by atoms with Crippen LogP contribution in [0.1, 0.15) is 49.8 Å². The summed E-state index contributed by atoms with van der Waals surface area (Å²) < 4.78 is 0. The normalized spacial score (nSPS) is 20.6. The monoisotopic (exact) mass is 285 g/mol. The number of piperidine rings is 1. The van der Waals surface area contributed by atoms with E-state index in [1.54, 1.807) is 4.80 Å². The molecule has 1 saturated heterocycles. The first kappa shape index (κ1) is 14.2. The fourth-order valence-electron chi connectivity index (χ4n) is 3.12. The number of tetrazole rings is 1. The molecule has 1 N–H and O–H groups in total. The lowest BCUT2D eigenvalue weighted by Gasteiger charge is -2.30. The van der Waals surface area contributed by atoms with Crippen molar-refractivity contribution < 1.29 is 0 Å². The number of benzene rings is 1. The molecule has 5 heteroatoms. The van der Waals surface area contributed by atoms with E-state index in [2.05, 4.69) is 58.8 Å². The van der Waals surface area contributed by atoms with Crippen molar-refractivity contribution >= 4 is 0 Å². The van der Waals surface area contributed by atoms with Crippen LogP contribution in [-0.2, 0) is 0 Å². The number of nitrogens with zero attached hydrogens (tertiary/aromatic N) is 4. The standard InChI is InChI=1S/C16H23N5/c1-12(2)13-5-7-14(8-6-13)16(21-19-11-18-20-21)15-4-3-9-17-10-15/h5-8,11-12,15-17H,3-4,9-10H2,1-2H3/t15-,16+/m1/s1. The number of hydrogen-bond acceptors (Lipinski definition) is 4. The van der Waals surface area contributed by atoms with Crippen LogP contribution in [0.25, 0.3) is 0 Å². The second-order valence-corrected chi connectivity index (χ2v) is 6.13. The van der Waals surface area contributed by atoms with Crippen molar-refractivity contribution in [3.63, 3.8) is 0 Å². The molecule has 1 aromatic carbocycles. The molecular formula is C16H23N5. The summed E-state index contributed by atoms with van der Waals surface area (Å²) in [6, 6.07) is 9.05. The number of hydrogen-bond donors (Lipinski definition) is 1. The highest BCUT2D eigenvalue weighted by atomic mass is 15.6. The van der Waals surface area contributed by atoms with Gasteiger partial charge in [-0.3, -0.25) is 0 Å². The fourth-order valence-corrected chi connectivity index (χ4v) is 3.12. The Morgan fingerprint density at radius 1 is 1.19 bits per heavy atom. The van der Waals surface area contributed by atoms with Gasteiger partial charge in [-0.2, -0.15) is 4.80 Å². The Bertz CT molecular complexity index is 541. The van der Waals surface area contributed by atoms with Crippen molar-refractivity contribution in [2.75, 3.05) is 13.1 Å². The molecule has 1 aromatic heterocycles. The predicted molar refractivity (Wildman–Crippen MR) is 82.1 cm³/mol. The van der Waals surface area contributed by atoms with Crippen LogP contribution < -0.4 is 5.32 Å². The van der Waals surface area contributed by atoms with Gasteiger partial charge in [0.2, 0.25) is 0 Å². The minimum Gasteiger partial charge on any atom is -0.316 e. The van der Waals surface area contributed by atoms with Gasteiger partial charge in [-0.25, -0.2) is 0 Å². The Kier molecular flexibility index (Phi) is 4.29. The van der Waals surface area contributed by atoms with E-state index in [0.717, 1.165) is 13.1 Å². The molecule has 1 aliphatic rings. The third-order valence-electron chi connectivity index (χ3n) is 4.34. The van der Waals surface area contributed by atoms with Crippen molar-refractivity contribution in [3.05, 3.63) is 41.7 Å². The molecule has 112 valence electrons. The van der Waals surface area contributed by atoms with Gasteiger partial charge >= 0.3 is 0 Å². The first-order chi connectivity index (χ1) is 10.3. The van der Waals surface area contributed by atoms with Crippen LogP contribution in [0.3, 0.4) is 0 Å². The van der Waals surface area contributed by atoms with Crippen molar-refractivity contribution in [1.82, 2.24) is 25.5 Å². The van der Waals surface area contributed by atoms with Gasteiger partial charge in [0.05, 0.1) is 0 Å². The molecule has 1 fully saturated rings. The van der Waals surface area contributed by atoms with Crippen LogP contribution in [0, 0.1) is 5.92 Å². The zero-order chi connectivity index (χ0) is 14.7.